The van der Waals surface area contributed by atoms with Crippen LogP contribution in [0, 0.1) is 12.3 Å². The molecule has 0 aliphatic heterocycles. The molecular weight excluding hydrogens is 254 g/mol. The molecule has 1 aromatic carbocycles. The number of hydrogen-bond acceptors (Lipinski definition) is 4. The van der Waals surface area contributed by atoms with Crippen LogP contribution in [0.15, 0.2) is 34.1 Å². The molecule has 0 bridgehead atoms. The maximum atomic E-state index is 11.2. The summed E-state index contributed by atoms with van der Waals surface area (Å²) in [5.74, 6) is 3.41. The zero-order valence-corrected chi connectivity index (χ0v) is 11.3. The lowest BCUT2D eigenvalue weighted by atomic mass is 10.4. The van der Waals surface area contributed by atoms with Crippen LogP contribution in [-0.2, 0) is 9.84 Å². The molecule has 0 saturated heterocycles. The molecule has 0 amide bonds. The van der Waals surface area contributed by atoms with Crippen LogP contribution < -0.4 is 5.32 Å². The van der Waals surface area contributed by atoms with Gasteiger partial charge >= 0.3 is 0 Å². The smallest absolute Gasteiger partial charge is 0.175 e. The number of thioether (sulfide) groups is 1. The first-order chi connectivity index (χ1) is 8.04. The fourth-order valence-electron chi connectivity index (χ4n) is 1.18. The third kappa shape index (κ3) is 5.26. The molecule has 0 atom stereocenters. The maximum absolute atomic E-state index is 11.2. The van der Waals surface area contributed by atoms with Gasteiger partial charge in [-0.1, -0.05) is 5.92 Å². The molecule has 0 heterocycles. The highest BCUT2D eigenvalue weighted by molar-refractivity contribution is 7.99. The predicted octanol–water partition coefficient (Wildman–Crippen LogP) is 1.41. The first kappa shape index (κ1) is 14.1. The molecule has 5 heteroatoms. The van der Waals surface area contributed by atoms with Crippen LogP contribution in [0.25, 0.3) is 0 Å². The van der Waals surface area contributed by atoms with Crippen LogP contribution in [0.3, 0.4) is 0 Å². The molecular formula is C12H15NO2S2. The molecule has 0 radical (unpaired) electrons. The average molecular weight is 269 g/mol. The van der Waals surface area contributed by atoms with E-state index in [9.17, 15) is 8.42 Å². The Morgan fingerprint density at radius 2 is 2.00 bits per heavy atom. The van der Waals surface area contributed by atoms with E-state index in [-0.39, 0.29) is 0 Å². The van der Waals surface area contributed by atoms with E-state index in [1.54, 1.807) is 23.9 Å². The van der Waals surface area contributed by atoms with Crippen molar-refractivity contribution in [2.75, 3.05) is 25.1 Å². The van der Waals surface area contributed by atoms with Gasteiger partial charge < -0.3 is 5.32 Å². The largest absolute Gasteiger partial charge is 0.305 e. The lowest BCUT2D eigenvalue weighted by Gasteiger charge is -2.03. The van der Waals surface area contributed by atoms with Crippen molar-refractivity contribution >= 4 is 21.6 Å². The molecule has 1 rings (SSSR count). The van der Waals surface area contributed by atoms with Crippen molar-refractivity contribution in [3.8, 4) is 12.3 Å². The van der Waals surface area contributed by atoms with Gasteiger partial charge in [-0.15, -0.1) is 18.2 Å². The maximum Gasteiger partial charge on any atom is 0.175 e. The zero-order chi connectivity index (χ0) is 12.7. The summed E-state index contributed by atoms with van der Waals surface area (Å²) in [5, 5.41) is 3.09. The monoisotopic (exact) mass is 269 g/mol. The highest BCUT2D eigenvalue weighted by atomic mass is 32.2. The second-order valence-electron chi connectivity index (χ2n) is 3.47. The van der Waals surface area contributed by atoms with Crippen LogP contribution in [0.2, 0.25) is 0 Å². The van der Waals surface area contributed by atoms with Crippen LogP contribution in [0.5, 0.6) is 0 Å². The highest BCUT2D eigenvalue weighted by Crippen LogP contribution is 2.19. The Balaban J connectivity index is 2.44. The SMILES string of the molecule is C#CCNCCSc1ccc(S(C)(=O)=O)cc1. The van der Waals surface area contributed by atoms with E-state index in [0.717, 1.165) is 17.2 Å². The number of sulfone groups is 1. The minimum absolute atomic E-state index is 0.354. The van der Waals surface area contributed by atoms with Crippen LogP contribution in [-0.4, -0.2) is 33.5 Å². The van der Waals surface area contributed by atoms with E-state index < -0.39 is 9.84 Å². The van der Waals surface area contributed by atoms with Crippen molar-refractivity contribution in [3.63, 3.8) is 0 Å². The standard InChI is InChI=1S/C12H15NO2S2/c1-3-8-13-9-10-16-11-4-6-12(7-5-11)17(2,14)15/h1,4-7,13H,8-10H2,2H3. The van der Waals surface area contributed by atoms with Gasteiger partial charge in [0.2, 0.25) is 0 Å². The summed E-state index contributed by atoms with van der Waals surface area (Å²) in [7, 11) is -3.10. The Labute approximate surface area is 107 Å². The van der Waals surface area contributed by atoms with Gasteiger partial charge in [0.25, 0.3) is 0 Å². The molecule has 0 saturated carbocycles. The van der Waals surface area contributed by atoms with Gasteiger partial charge in [0.15, 0.2) is 9.84 Å². The van der Waals surface area contributed by atoms with E-state index in [4.69, 9.17) is 6.42 Å². The van der Waals surface area contributed by atoms with E-state index in [0.29, 0.717) is 11.4 Å². The molecule has 92 valence electrons. The molecule has 0 aliphatic rings. The van der Waals surface area contributed by atoms with E-state index in [2.05, 4.69) is 11.2 Å². The van der Waals surface area contributed by atoms with Gasteiger partial charge in [0.05, 0.1) is 11.4 Å². The van der Waals surface area contributed by atoms with E-state index in [1.165, 1.54) is 6.26 Å². The number of terminal acetylenes is 1. The van der Waals surface area contributed by atoms with Crippen molar-refractivity contribution < 1.29 is 8.42 Å². The lowest BCUT2D eigenvalue weighted by Crippen LogP contribution is -2.16. The van der Waals surface area contributed by atoms with Crippen molar-refractivity contribution in [2.24, 2.45) is 0 Å². The Hall–Kier alpha value is -0.960. The molecule has 3 nitrogen and oxygen atoms in total. The van der Waals surface area contributed by atoms with Gasteiger partial charge in [0.1, 0.15) is 0 Å². The summed E-state index contributed by atoms with van der Waals surface area (Å²) in [6.45, 7) is 1.41. The second-order valence-corrected chi connectivity index (χ2v) is 6.66. The summed E-state index contributed by atoms with van der Waals surface area (Å²) in [6.07, 6.45) is 6.31. The summed E-state index contributed by atoms with van der Waals surface area (Å²) in [6, 6.07) is 6.91. The summed E-state index contributed by atoms with van der Waals surface area (Å²) in [4.78, 5) is 1.41. The third-order valence-corrected chi connectivity index (χ3v) is 4.17. The van der Waals surface area contributed by atoms with E-state index >= 15 is 0 Å². The minimum Gasteiger partial charge on any atom is -0.305 e. The second kappa shape index (κ2) is 6.70. The normalized spacial score (nSPS) is 11.1. The van der Waals surface area contributed by atoms with Crippen molar-refractivity contribution in [2.45, 2.75) is 9.79 Å². The van der Waals surface area contributed by atoms with Gasteiger partial charge in [-0.05, 0) is 24.3 Å². The molecule has 0 unspecified atom stereocenters. The van der Waals surface area contributed by atoms with Gasteiger partial charge in [-0.25, -0.2) is 8.42 Å². The number of benzene rings is 1. The zero-order valence-electron chi connectivity index (χ0n) is 9.64. The van der Waals surface area contributed by atoms with Gasteiger partial charge in [-0.2, -0.15) is 0 Å². The molecule has 0 spiro atoms. The average Bonchev–Trinajstić information content (AvgIpc) is 2.28. The highest BCUT2D eigenvalue weighted by Gasteiger charge is 2.05. The fourth-order valence-corrected chi connectivity index (χ4v) is 2.63. The molecule has 17 heavy (non-hydrogen) atoms. The molecule has 0 aromatic heterocycles. The van der Waals surface area contributed by atoms with Crippen molar-refractivity contribution in [1.29, 1.82) is 0 Å². The topological polar surface area (TPSA) is 46.2 Å². The Kier molecular flexibility index (Phi) is 5.56. The first-order valence-electron chi connectivity index (χ1n) is 5.11. The third-order valence-electron chi connectivity index (χ3n) is 2.03. The van der Waals surface area contributed by atoms with E-state index in [1.807, 2.05) is 12.1 Å². The quantitative estimate of drug-likeness (QED) is 0.482. The molecule has 1 aromatic rings. The van der Waals surface area contributed by atoms with Crippen LogP contribution >= 0.6 is 11.8 Å². The van der Waals surface area contributed by atoms with Gasteiger partial charge in [-0.3, -0.25) is 0 Å². The number of rotatable bonds is 6. The summed E-state index contributed by atoms with van der Waals surface area (Å²) >= 11 is 1.66. The fraction of sp³-hybridized carbons (Fsp3) is 0.333. The number of nitrogens with one attached hydrogen (secondary N) is 1. The molecule has 0 aliphatic carbocycles. The van der Waals surface area contributed by atoms with Gasteiger partial charge in [0, 0.05) is 23.4 Å². The first-order valence-corrected chi connectivity index (χ1v) is 7.99. The molecule has 0 fully saturated rings. The van der Waals surface area contributed by atoms with Crippen LogP contribution in [0.1, 0.15) is 0 Å². The minimum atomic E-state index is -3.10. The van der Waals surface area contributed by atoms with Crippen molar-refractivity contribution in [1.82, 2.24) is 5.32 Å². The number of hydrogen-bond donors (Lipinski definition) is 1. The lowest BCUT2D eigenvalue weighted by molar-refractivity contribution is 0.602. The predicted molar refractivity (Wildman–Crippen MR) is 72.0 cm³/mol. The Morgan fingerprint density at radius 1 is 1.35 bits per heavy atom. The van der Waals surface area contributed by atoms with Crippen molar-refractivity contribution in [3.05, 3.63) is 24.3 Å². The molecule has 1 N–H and O–H groups in total. The van der Waals surface area contributed by atoms with Crippen LogP contribution in [0.4, 0.5) is 0 Å². The Morgan fingerprint density at radius 3 is 2.53 bits per heavy atom. The summed E-state index contributed by atoms with van der Waals surface area (Å²) < 4.78 is 22.5. The summed E-state index contributed by atoms with van der Waals surface area (Å²) in [5.41, 5.74) is 0. The Bertz CT molecular complexity index is 486.